The van der Waals surface area contributed by atoms with E-state index in [2.05, 4.69) is 5.32 Å². The van der Waals surface area contributed by atoms with Crippen LogP contribution in [0.1, 0.15) is 32.0 Å². The molecule has 2 rings (SSSR count). The maximum absolute atomic E-state index is 12.6. The molecule has 0 aromatic carbocycles. The summed E-state index contributed by atoms with van der Waals surface area (Å²) in [7, 11) is 0. The largest absolute Gasteiger partial charge is 0.316 e. The second-order valence-electron chi connectivity index (χ2n) is 5.19. The molecule has 2 heterocycles. The molecular formula is C13H18F2N2OS. The standard InChI is InChI=1S/C13H18F2N2OS/c1-8(2)5-10-13(18)17(6-11(14)15)12(16-10)9-3-4-19-7-9/h3-4,7-8,10-12,16H,5-6H2,1-2H3. The van der Waals surface area contributed by atoms with Gasteiger partial charge in [0.1, 0.15) is 6.17 Å². The number of nitrogens with zero attached hydrogens (tertiary/aromatic N) is 1. The topological polar surface area (TPSA) is 32.3 Å². The summed E-state index contributed by atoms with van der Waals surface area (Å²) in [6.07, 6.45) is -2.26. The van der Waals surface area contributed by atoms with Crippen molar-refractivity contribution in [3.8, 4) is 0 Å². The van der Waals surface area contributed by atoms with Gasteiger partial charge in [0.2, 0.25) is 5.91 Å². The zero-order valence-electron chi connectivity index (χ0n) is 11.0. The molecule has 0 saturated carbocycles. The van der Waals surface area contributed by atoms with Gasteiger partial charge in [0.25, 0.3) is 6.43 Å². The van der Waals surface area contributed by atoms with Gasteiger partial charge in [-0.25, -0.2) is 8.78 Å². The summed E-state index contributed by atoms with van der Waals surface area (Å²) in [5.74, 6) is 0.126. The summed E-state index contributed by atoms with van der Waals surface area (Å²) in [6, 6.07) is 1.51. The first-order chi connectivity index (χ1) is 8.99. The summed E-state index contributed by atoms with van der Waals surface area (Å²) in [5, 5.41) is 6.96. The van der Waals surface area contributed by atoms with Crippen LogP contribution in [0.15, 0.2) is 16.8 Å². The molecule has 6 heteroatoms. The van der Waals surface area contributed by atoms with Crippen molar-refractivity contribution in [3.05, 3.63) is 22.4 Å². The maximum atomic E-state index is 12.6. The van der Waals surface area contributed by atoms with Gasteiger partial charge in [-0.05, 0) is 34.7 Å². The first-order valence-corrected chi connectivity index (χ1v) is 7.30. The van der Waals surface area contributed by atoms with Gasteiger partial charge in [-0.3, -0.25) is 10.1 Å². The Morgan fingerprint density at radius 1 is 1.47 bits per heavy atom. The van der Waals surface area contributed by atoms with Gasteiger partial charge in [-0.2, -0.15) is 11.3 Å². The van der Waals surface area contributed by atoms with Crippen molar-refractivity contribution < 1.29 is 13.6 Å². The Balaban J connectivity index is 2.18. The van der Waals surface area contributed by atoms with E-state index in [1.807, 2.05) is 30.7 Å². The molecule has 1 amide bonds. The Bertz CT molecular complexity index is 422. The fourth-order valence-electron chi connectivity index (χ4n) is 2.37. The van der Waals surface area contributed by atoms with E-state index in [0.717, 1.165) is 5.56 Å². The smallest absolute Gasteiger partial charge is 0.255 e. The highest BCUT2D eigenvalue weighted by molar-refractivity contribution is 7.07. The molecule has 2 unspecified atom stereocenters. The molecule has 1 N–H and O–H groups in total. The Morgan fingerprint density at radius 2 is 2.21 bits per heavy atom. The lowest BCUT2D eigenvalue weighted by atomic mass is 10.0. The van der Waals surface area contributed by atoms with Crippen molar-refractivity contribution in [2.24, 2.45) is 5.92 Å². The van der Waals surface area contributed by atoms with Crippen molar-refractivity contribution in [1.82, 2.24) is 10.2 Å². The molecular weight excluding hydrogens is 270 g/mol. The van der Waals surface area contributed by atoms with Crippen LogP contribution < -0.4 is 5.32 Å². The number of carbonyl (C=O) groups is 1. The average Bonchev–Trinajstić information content (AvgIpc) is 2.91. The number of halogens is 2. The van der Waals surface area contributed by atoms with Crippen LogP contribution in [0, 0.1) is 5.92 Å². The van der Waals surface area contributed by atoms with Crippen LogP contribution in [0.2, 0.25) is 0 Å². The van der Waals surface area contributed by atoms with Crippen molar-refractivity contribution in [1.29, 1.82) is 0 Å². The number of amides is 1. The number of carbonyl (C=O) groups excluding carboxylic acids is 1. The molecule has 1 aromatic rings. The Labute approximate surface area is 115 Å². The summed E-state index contributed by atoms with van der Waals surface area (Å²) < 4.78 is 25.3. The molecule has 0 radical (unpaired) electrons. The molecule has 2 atom stereocenters. The van der Waals surface area contributed by atoms with E-state index in [1.165, 1.54) is 16.2 Å². The Kier molecular flexibility index (Phi) is 4.52. The normalized spacial score (nSPS) is 23.9. The second kappa shape index (κ2) is 5.96. The number of hydrogen-bond acceptors (Lipinski definition) is 3. The quantitative estimate of drug-likeness (QED) is 0.903. The van der Waals surface area contributed by atoms with Crippen LogP contribution >= 0.6 is 11.3 Å². The lowest BCUT2D eigenvalue weighted by molar-refractivity contribution is -0.132. The number of nitrogens with one attached hydrogen (secondary N) is 1. The van der Waals surface area contributed by atoms with E-state index >= 15 is 0 Å². The summed E-state index contributed by atoms with van der Waals surface area (Å²) in [6.45, 7) is 3.52. The number of thiophene rings is 1. The minimum atomic E-state index is -2.51. The predicted molar refractivity (Wildman–Crippen MR) is 71.2 cm³/mol. The monoisotopic (exact) mass is 288 g/mol. The maximum Gasteiger partial charge on any atom is 0.255 e. The lowest BCUT2D eigenvalue weighted by Gasteiger charge is -2.23. The fraction of sp³-hybridized carbons (Fsp3) is 0.615. The number of rotatable bonds is 5. The van der Waals surface area contributed by atoms with Gasteiger partial charge < -0.3 is 4.90 Å². The molecule has 1 fully saturated rings. The van der Waals surface area contributed by atoms with Crippen LogP contribution in [0.5, 0.6) is 0 Å². The van der Waals surface area contributed by atoms with Crippen LogP contribution in [0.3, 0.4) is 0 Å². The molecule has 3 nitrogen and oxygen atoms in total. The Hall–Kier alpha value is -1.01. The molecule has 1 aliphatic heterocycles. The SMILES string of the molecule is CC(C)CC1NC(c2ccsc2)N(CC(F)F)C1=O. The zero-order valence-corrected chi connectivity index (χ0v) is 11.8. The average molecular weight is 288 g/mol. The van der Waals surface area contributed by atoms with Crippen molar-refractivity contribution in [2.75, 3.05) is 6.54 Å². The first kappa shape index (κ1) is 14.4. The van der Waals surface area contributed by atoms with E-state index in [1.54, 1.807) is 0 Å². The number of hydrogen-bond donors (Lipinski definition) is 1. The third-order valence-electron chi connectivity index (χ3n) is 3.15. The third kappa shape index (κ3) is 3.30. The van der Waals surface area contributed by atoms with Crippen molar-refractivity contribution in [2.45, 2.75) is 38.9 Å². The van der Waals surface area contributed by atoms with Gasteiger partial charge in [0, 0.05) is 0 Å². The fourth-order valence-corrected chi connectivity index (χ4v) is 3.05. The molecule has 0 aliphatic carbocycles. The zero-order chi connectivity index (χ0) is 14.0. The minimum Gasteiger partial charge on any atom is -0.316 e. The van der Waals surface area contributed by atoms with Gasteiger partial charge in [-0.15, -0.1) is 0 Å². The summed E-state index contributed by atoms with van der Waals surface area (Å²) in [4.78, 5) is 13.5. The highest BCUT2D eigenvalue weighted by atomic mass is 32.1. The van der Waals surface area contributed by atoms with Crippen molar-refractivity contribution in [3.63, 3.8) is 0 Å². The van der Waals surface area contributed by atoms with Crippen LogP contribution in [0.4, 0.5) is 8.78 Å². The predicted octanol–water partition coefficient (Wildman–Crippen LogP) is 2.86. The summed E-state index contributed by atoms with van der Waals surface area (Å²) >= 11 is 1.50. The van der Waals surface area contributed by atoms with Gasteiger partial charge >= 0.3 is 0 Å². The molecule has 106 valence electrons. The second-order valence-corrected chi connectivity index (χ2v) is 5.97. The molecule has 1 aliphatic rings. The van der Waals surface area contributed by atoms with E-state index < -0.39 is 19.1 Å². The first-order valence-electron chi connectivity index (χ1n) is 6.35. The molecule has 0 bridgehead atoms. The molecule has 0 spiro atoms. The third-order valence-corrected chi connectivity index (χ3v) is 3.85. The van der Waals surface area contributed by atoms with Gasteiger partial charge in [-0.1, -0.05) is 13.8 Å². The minimum absolute atomic E-state index is 0.217. The van der Waals surface area contributed by atoms with Crippen molar-refractivity contribution >= 4 is 17.2 Å². The van der Waals surface area contributed by atoms with Crippen LogP contribution in [-0.2, 0) is 4.79 Å². The summed E-state index contributed by atoms with van der Waals surface area (Å²) in [5.41, 5.74) is 0.880. The molecule has 1 saturated heterocycles. The van der Waals surface area contributed by atoms with Crippen LogP contribution in [-0.4, -0.2) is 29.8 Å². The highest BCUT2D eigenvalue weighted by Gasteiger charge is 2.40. The highest BCUT2D eigenvalue weighted by Crippen LogP contribution is 2.29. The van der Waals surface area contributed by atoms with Gasteiger partial charge in [0.15, 0.2) is 0 Å². The van der Waals surface area contributed by atoms with E-state index in [0.29, 0.717) is 12.3 Å². The van der Waals surface area contributed by atoms with E-state index in [9.17, 15) is 13.6 Å². The lowest BCUT2D eigenvalue weighted by Crippen LogP contribution is -2.35. The van der Waals surface area contributed by atoms with Crippen LogP contribution in [0.25, 0.3) is 0 Å². The van der Waals surface area contributed by atoms with E-state index in [4.69, 9.17) is 0 Å². The molecule has 19 heavy (non-hydrogen) atoms. The molecule has 1 aromatic heterocycles. The number of alkyl halides is 2. The van der Waals surface area contributed by atoms with Gasteiger partial charge in [0.05, 0.1) is 12.6 Å². The van der Waals surface area contributed by atoms with E-state index in [-0.39, 0.29) is 11.9 Å². The Morgan fingerprint density at radius 3 is 2.74 bits per heavy atom.